The zero-order chi connectivity index (χ0) is 12.8. The Balaban J connectivity index is 1.96. The topological polar surface area (TPSA) is 60.2 Å². The first kappa shape index (κ1) is 12.6. The average Bonchev–Trinajstić information content (AvgIpc) is 2.46. The number of thioether (sulfide) groups is 1. The number of hydroxylamine groups is 1. The number of benzene rings is 1. The number of aromatic nitrogens is 1. The van der Waals surface area contributed by atoms with Gasteiger partial charge in [0.2, 0.25) is 0 Å². The van der Waals surface area contributed by atoms with Crippen LogP contribution in [0.1, 0.15) is 5.56 Å². The largest absolute Gasteiger partial charge is 0.289 e. The van der Waals surface area contributed by atoms with E-state index in [4.69, 9.17) is 5.41 Å². The van der Waals surface area contributed by atoms with E-state index in [0.717, 1.165) is 22.2 Å². The van der Waals surface area contributed by atoms with Gasteiger partial charge in [0.25, 0.3) is 0 Å². The summed E-state index contributed by atoms with van der Waals surface area (Å²) in [7, 11) is 0. The summed E-state index contributed by atoms with van der Waals surface area (Å²) >= 11 is 1.63. The van der Waals surface area contributed by atoms with Gasteiger partial charge in [-0.1, -0.05) is 30.3 Å². The lowest BCUT2D eigenvalue weighted by Gasteiger charge is -2.09. The van der Waals surface area contributed by atoms with Crippen molar-refractivity contribution in [1.29, 1.82) is 5.41 Å². The Morgan fingerprint density at radius 2 is 2.00 bits per heavy atom. The Kier molecular flexibility index (Phi) is 4.33. The molecule has 0 aliphatic rings. The lowest BCUT2D eigenvalue weighted by atomic mass is 10.2. The van der Waals surface area contributed by atoms with Crippen molar-refractivity contribution in [2.75, 3.05) is 5.06 Å². The lowest BCUT2D eigenvalue weighted by Crippen LogP contribution is -2.14. The molecular weight excluding hydrogens is 246 g/mol. The minimum Gasteiger partial charge on any atom is -0.289 e. The van der Waals surface area contributed by atoms with Crippen LogP contribution in [0, 0.1) is 5.41 Å². The molecule has 1 aromatic carbocycles. The van der Waals surface area contributed by atoms with Crippen LogP contribution in [-0.4, -0.2) is 16.5 Å². The molecule has 0 amide bonds. The molecule has 2 aromatic rings. The summed E-state index contributed by atoms with van der Waals surface area (Å²) in [6, 6.07) is 13.7. The molecule has 2 rings (SSSR count). The first-order chi connectivity index (χ1) is 8.79. The molecular formula is C13H13N3OS. The standard InChI is InChI=1S/C13H13N3OS/c14-10-16(17)12-6-7-13(15-8-12)18-9-11-4-2-1-3-5-11/h1-8,10,14,17H,9H2. The van der Waals surface area contributed by atoms with Gasteiger partial charge in [0.1, 0.15) is 6.34 Å². The molecule has 0 atom stereocenters. The van der Waals surface area contributed by atoms with Gasteiger partial charge in [0.05, 0.1) is 16.9 Å². The molecule has 1 heterocycles. The van der Waals surface area contributed by atoms with Crippen LogP contribution in [0.3, 0.4) is 0 Å². The molecule has 4 nitrogen and oxygen atoms in total. The highest BCUT2D eigenvalue weighted by atomic mass is 32.2. The normalized spacial score (nSPS) is 10.1. The number of pyridine rings is 1. The van der Waals surface area contributed by atoms with E-state index in [1.165, 1.54) is 5.56 Å². The highest BCUT2D eigenvalue weighted by molar-refractivity contribution is 7.98. The van der Waals surface area contributed by atoms with Crippen molar-refractivity contribution in [3.8, 4) is 0 Å². The number of nitrogens with one attached hydrogen (secondary N) is 1. The fourth-order valence-electron chi connectivity index (χ4n) is 1.40. The van der Waals surface area contributed by atoms with E-state index >= 15 is 0 Å². The second kappa shape index (κ2) is 6.18. The van der Waals surface area contributed by atoms with Crippen molar-refractivity contribution in [2.24, 2.45) is 0 Å². The summed E-state index contributed by atoms with van der Waals surface area (Å²) in [5.74, 6) is 0.862. The number of nitrogens with zero attached hydrogens (tertiary/aromatic N) is 2. The molecule has 0 fully saturated rings. The predicted molar refractivity (Wildman–Crippen MR) is 73.3 cm³/mol. The smallest absolute Gasteiger partial charge is 0.113 e. The molecule has 1 aromatic heterocycles. The maximum Gasteiger partial charge on any atom is 0.113 e. The van der Waals surface area contributed by atoms with Crippen molar-refractivity contribution >= 4 is 23.8 Å². The summed E-state index contributed by atoms with van der Waals surface area (Å²) in [4.78, 5) is 4.22. The van der Waals surface area contributed by atoms with Gasteiger partial charge >= 0.3 is 0 Å². The zero-order valence-corrected chi connectivity index (χ0v) is 10.5. The zero-order valence-electron chi connectivity index (χ0n) is 9.65. The SMILES string of the molecule is N=CN(O)c1ccc(SCc2ccccc2)nc1. The molecule has 92 valence electrons. The Morgan fingerprint density at radius 3 is 2.61 bits per heavy atom. The highest BCUT2D eigenvalue weighted by Gasteiger charge is 2.01. The third-order valence-corrected chi connectivity index (χ3v) is 3.35. The average molecular weight is 259 g/mol. The van der Waals surface area contributed by atoms with Gasteiger partial charge in [0.15, 0.2) is 0 Å². The second-order valence-corrected chi connectivity index (χ2v) is 4.60. The first-order valence-corrected chi connectivity index (χ1v) is 6.39. The van der Waals surface area contributed by atoms with Gasteiger partial charge < -0.3 is 0 Å². The molecule has 2 N–H and O–H groups in total. The number of anilines is 1. The third-order valence-electron chi connectivity index (χ3n) is 2.34. The molecule has 5 heteroatoms. The molecule has 0 spiro atoms. The van der Waals surface area contributed by atoms with Crippen LogP contribution in [-0.2, 0) is 5.75 Å². The van der Waals surface area contributed by atoms with Crippen LogP contribution >= 0.6 is 11.8 Å². The maximum absolute atomic E-state index is 9.27. The highest BCUT2D eigenvalue weighted by Crippen LogP contribution is 2.22. The lowest BCUT2D eigenvalue weighted by molar-refractivity contribution is 0.315. The van der Waals surface area contributed by atoms with E-state index in [-0.39, 0.29) is 0 Å². The minimum absolute atomic E-state index is 0.481. The van der Waals surface area contributed by atoms with E-state index < -0.39 is 0 Å². The monoisotopic (exact) mass is 259 g/mol. The summed E-state index contributed by atoms with van der Waals surface area (Å²) < 4.78 is 0. The molecule has 0 bridgehead atoms. The minimum atomic E-state index is 0.481. The van der Waals surface area contributed by atoms with Crippen LogP contribution < -0.4 is 5.06 Å². The van der Waals surface area contributed by atoms with Crippen molar-refractivity contribution in [3.63, 3.8) is 0 Å². The van der Waals surface area contributed by atoms with Crippen LogP contribution in [0.15, 0.2) is 53.7 Å². The quantitative estimate of drug-likeness (QED) is 0.375. The molecule has 0 aliphatic carbocycles. The summed E-state index contributed by atoms with van der Waals surface area (Å²) in [6.45, 7) is 0. The van der Waals surface area contributed by atoms with Crippen molar-refractivity contribution in [2.45, 2.75) is 10.8 Å². The van der Waals surface area contributed by atoms with Gasteiger partial charge in [-0.05, 0) is 17.7 Å². The number of hydrogen-bond donors (Lipinski definition) is 2. The van der Waals surface area contributed by atoms with Crippen LogP contribution in [0.2, 0.25) is 0 Å². The molecule has 0 saturated heterocycles. The fraction of sp³-hybridized carbons (Fsp3) is 0.0769. The fourth-order valence-corrected chi connectivity index (χ4v) is 2.20. The van der Waals surface area contributed by atoms with E-state index in [9.17, 15) is 5.21 Å². The second-order valence-electron chi connectivity index (χ2n) is 3.60. The van der Waals surface area contributed by atoms with Crippen LogP contribution in [0.4, 0.5) is 5.69 Å². The summed E-state index contributed by atoms with van der Waals surface area (Å²) in [6.07, 6.45) is 2.37. The van der Waals surface area contributed by atoms with Crippen LogP contribution in [0.5, 0.6) is 0 Å². The molecule has 18 heavy (non-hydrogen) atoms. The van der Waals surface area contributed by atoms with Crippen LogP contribution in [0.25, 0.3) is 0 Å². The number of rotatable bonds is 5. The first-order valence-electron chi connectivity index (χ1n) is 5.41. The molecule has 0 saturated carbocycles. The van der Waals surface area contributed by atoms with Crippen molar-refractivity contribution in [3.05, 3.63) is 54.2 Å². The molecule has 0 unspecified atom stereocenters. The van der Waals surface area contributed by atoms with E-state index in [2.05, 4.69) is 17.1 Å². The van der Waals surface area contributed by atoms with Gasteiger partial charge in [-0.15, -0.1) is 11.8 Å². The Bertz CT molecular complexity index is 501. The molecule has 0 radical (unpaired) electrons. The Hall–Kier alpha value is -1.85. The van der Waals surface area contributed by atoms with Gasteiger partial charge in [-0.2, -0.15) is 0 Å². The third kappa shape index (κ3) is 3.32. The Labute approximate surface area is 110 Å². The van der Waals surface area contributed by atoms with E-state index in [1.807, 2.05) is 24.3 Å². The summed E-state index contributed by atoms with van der Waals surface area (Å²) in [5, 5.41) is 17.8. The van der Waals surface area contributed by atoms with Gasteiger partial charge in [-0.25, -0.2) is 10.0 Å². The van der Waals surface area contributed by atoms with Gasteiger partial charge in [-0.3, -0.25) is 10.6 Å². The molecule has 0 aliphatic heterocycles. The van der Waals surface area contributed by atoms with Gasteiger partial charge in [0, 0.05) is 5.75 Å². The van der Waals surface area contributed by atoms with Crippen molar-refractivity contribution < 1.29 is 5.21 Å². The van der Waals surface area contributed by atoms with E-state index in [1.54, 1.807) is 24.0 Å². The summed E-state index contributed by atoms with van der Waals surface area (Å²) in [5.41, 5.74) is 1.73. The maximum atomic E-state index is 9.27. The predicted octanol–water partition coefficient (Wildman–Crippen LogP) is 3.18. The van der Waals surface area contributed by atoms with E-state index in [0.29, 0.717) is 5.69 Å². The Morgan fingerprint density at radius 1 is 1.22 bits per heavy atom. The van der Waals surface area contributed by atoms with Crippen molar-refractivity contribution in [1.82, 2.24) is 4.98 Å². The number of hydrogen-bond acceptors (Lipinski definition) is 4.